The number of anilines is 1. The number of aryl methyl sites for hydroxylation is 2. The minimum absolute atomic E-state index is 0.316. The molecule has 33 heavy (non-hydrogen) atoms. The third-order valence-corrected chi connectivity index (χ3v) is 6.55. The second-order valence-electron chi connectivity index (χ2n) is 8.42. The molecule has 0 bridgehead atoms. The van der Waals surface area contributed by atoms with Gasteiger partial charge < -0.3 is 14.3 Å². The smallest absolute Gasteiger partial charge is 0.331 e. The molecule has 1 unspecified atom stereocenters. The Morgan fingerprint density at radius 1 is 0.909 bits per heavy atom. The largest absolute Gasteiger partial charge is 0.467 e. The topological polar surface area (TPSA) is 74.1 Å². The molecular weight excluding hydrogens is 416 g/mol. The zero-order valence-electron chi connectivity index (χ0n) is 18.5. The predicted octanol–water partition coefficient (Wildman–Crippen LogP) is 4.11. The van der Waals surface area contributed by atoms with Crippen LogP contribution in [0.15, 0.2) is 80.9 Å². The SMILES string of the molecule is Cc1ccccc1-c1c2c(=O)n(C)c(=O)n(C)c2c2n1-c1ccccc1NC2c1ccco1. The van der Waals surface area contributed by atoms with Crippen molar-refractivity contribution in [2.75, 3.05) is 5.32 Å². The summed E-state index contributed by atoms with van der Waals surface area (Å²) in [7, 11) is 3.24. The monoisotopic (exact) mass is 438 g/mol. The van der Waals surface area contributed by atoms with Crippen molar-refractivity contribution in [3.8, 4) is 16.9 Å². The van der Waals surface area contributed by atoms with Gasteiger partial charge in [-0.05, 0) is 36.8 Å². The molecule has 0 saturated carbocycles. The fraction of sp³-hybridized carbons (Fsp3) is 0.154. The highest BCUT2D eigenvalue weighted by Gasteiger charge is 2.36. The first-order chi connectivity index (χ1) is 16.0. The second kappa shape index (κ2) is 6.87. The van der Waals surface area contributed by atoms with Crippen molar-refractivity contribution in [2.45, 2.75) is 13.0 Å². The summed E-state index contributed by atoms with van der Waals surface area (Å²) in [6.07, 6.45) is 1.63. The van der Waals surface area contributed by atoms with Crippen LogP contribution in [0.25, 0.3) is 27.8 Å². The van der Waals surface area contributed by atoms with Gasteiger partial charge in [-0.25, -0.2) is 4.79 Å². The lowest BCUT2D eigenvalue weighted by Crippen LogP contribution is -2.37. The van der Waals surface area contributed by atoms with Crippen LogP contribution in [0.3, 0.4) is 0 Å². The summed E-state index contributed by atoms with van der Waals surface area (Å²) < 4.78 is 10.7. The molecule has 1 N–H and O–H groups in total. The molecule has 0 radical (unpaired) electrons. The summed E-state index contributed by atoms with van der Waals surface area (Å²) in [5.74, 6) is 0.703. The number of fused-ring (bicyclic) bond motifs is 5. The fourth-order valence-corrected chi connectivity index (χ4v) is 4.98. The molecule has 0 spiro atoms. The lowest BCUT2D eigenvalue weighted by molar-refractivity contribution is 0.492. The van der Waals surface area contributed by atoms with E-state index in [0.717, 1.165) is 33.9 Å². The Hall–Kier alpha value is -4.26. The van der Waals surface area contributed by atoms with Crippen LogP contribution in [0.2, 0.25) is 0 Å². The van der Waals surface area contributed by atoms with E-state index in [4.69, 9.17) is 4.42 Å². The van der Waals surface area contributed by atoms with Gasteiger partial charge in [0.15, 0.2) is 0 Å². The van der Waals surface area contributed by atoms with Crippen molar-refractivity contribution in [3.63, 3.8) is 0 Å². The third kappa shape index (κ3) is 2.56. The van der Waals surface area contributed by atoms with Crippen molar-refractivity contribution in [2.24, 2.45) is 14.1 Å². The van der Waals surface area contributed by atoms with Crippen molar-refractivity contribution in [1.82, 2.24) is 13.7 Å². The molecule has 1 aliphatic heterocycles. The molecule has 7 nitrogen and oxygen atoms in total. The van der Waals surface area contributed by atoms with Crippen molar-refractivity contribution in [1.29, 1.82) is 0 Å². The van der Waals surface area contributed by atoms with Gasteiger partial charge in [0.25, 0.3) is 5.56 Å². The van der Waals surface area contributed by atoms with Crippen LogP contribution in [0.1, 0.15) is 23.1 Å². The van der Waals surface area contributed by atoms with Crippen molar-refractivity contribution in [3.05, 3.63) is 105 Å². The minimum atomic E-state index is -0.382. The summed E-state index contributed by atoms with van der Waals surface area (Å²) in [4.78, 5) is 26.6. The van der Waals surface area contributed by atoms with Crippen LogP contribution < -0.4 is 16.6 Å². The van der Waals surface area contributed by atoms with E-state index < -0.39 is 0 Å². The summed E-state index contributed by atoms with van der Waals surface area (Å²) in [5, 5.41) is 4.08. The van der Waals surface area contributed by atoms with Crippen molar-refractivity contribution >= 4 is 16.6 Å². The number of rotatable bonds is 2. The lowest BCUT2D eigenvalue weighted by atomic mass is 10.0. The van der Waals surface area contributed by atoms with E-state index in [2.05, 4.69) is 9.88 Å². The Morgan fingerprint density at radius 2 is 1.67 bits per heavy atom. The first-order valence-electron chi connectivity index (χ1n) is 10.8. The summed E-state index contributed by atoms with van der Waals surface area (Å²) in [5.41, 5.74) is 5.32. The first kappa shape index (κ1) is 19.4. The molecule has 0 fully saturated rings. The molecule has 0 amide bonds. The molecule has 0 saturated heterocycles. The van der Waals surface area contributed by atoms with Gasteiger partial charge in [0, 0.05) is 19.7 Å². The molecule has 5 aromatic rings. The number of para-hydroxylation sites is 2. The number of nitrogens with one attached hydrogen (secondary N) is 1. The number of benzene rings is 2. The molecule has 164 valence electrons. The van der Waals surface area contributed by atoms with Crippen LogP contribution in [0, 0.1) is 6.92 Å². The summed E-state index contributed by atoms with van der Waals surface area (Å²) in [6, 6.07) is 19.3. The Labute approximate surface area is 189 Å². The molecule has 4 heterocycles. The normalized spacial score (nSPS) is 14.7. The molecule has 3 aromatic heterocycles. The van der Waals surface area contributed by atoms with Gasteiger partial charge in [0.2, 0.25) is 0 Å². The molecular formula is C26H22N4O3. The molecule has 2 aromatic carbocycles. The van der Waals surface area contributed by atoms with Gasteiger partial charge >= 0.3 is 5.69 Å². The zero-order chi connectivity index (χ0) is 22.9. The molecule has 1 atom stereocenters. The molecule has 7 heteroatoms. The second-order valence-corrected chi connectivity index (χ2v) is 8.42. The Kier molecular flexibility index (Phi) is 4.04. The highest BCUT2D eigenvalue weighted by Crippen LogP contribution is 2.45. The maximum atomic E-state index is 13.6. The quantitative estimate of drug-likeness (QED) is 0.450. The number of hydrogen-bond acceptors (Lipinski definition) is 4. The van der Waals surface area contributed by atoms with Crippen LogP contribution in [-0.2, 0) is 14.1 Å². The predicted molar refractivity (Wildman–Crippen MR) is 128 cm³/mol. The lowest BCUT2D eigenvalue weighted by Gasteiger charge is -2.29. The van der Waals surface area contributed by atoms with E-state index in [1.165, 1.54) is 11.6 Å². The van der Waals surface area contributed by atoms with E-state index >= 15 is 0 Å². The Bertz CT molecular complexity index is 1670. The van der Waals surface area contributed by atoms with Gasteiger partial charge in [-0.3, -0.25) is 13.9 Å². The van der Waals surface area contributed by atoms with Gasteiger partial charge in [0.1, 0.15) is 11.8 Å². The minimum Gasteiger partial charge on any atom is -0.467 e. The first-order valence-corrected chi connectivity index (χ1v) is 10.8. The highest BCUT2D eigenvalue weighted by atomic mass is 16.3. The number of furan rings is 1. The van der Waals surface area contributed by atoms with Crippen LogP contribution in [0.4, 0.5) is 5.69 Å². The maximum absolute atomic E-state index is 13.6. The number of nitrogens with zero attached hydrogens (tertiary/aromatic N) is 3. The van der Waals surface area contributed by atoms with Gasteiger partial charge in [0.05, 0.1) is 39.9 Å². The number of aromatic nitrogens is 3. The van der Waals surface area contributed by atoms with Crippen LogP contribution >= 0.6 is 0 Å². The van der Waals surface area contributed by atoms with E-state index in [1.54, 1.807) is 17.9 Å². The van der Waals surface area contributed by atoms with Gasteiger partial charge in [-0.2, -0.15) is 0 Å². The average Bonchev–Trinajstić information content (AvgIpc) is 3.48. The maximum Gasteiger partial charge on any atom is 0.331 e. The van der Waals surface area contributed by atoms with Crippen LogP contribution in [0.5, 0.6) is 0 Å². The summed E-state index contributed by atoms with van der Waals surface area (Å²) >= 11 is 0. The molecule has 1 aliphatic rings. The van der Waals surface area contributed by atoms with Gasteiger partial charge in [-0.1, -0.05) is 36.4 Å². The highest BCUT2D eigenvalue weighted by molar-refractivity contribution is 5.99. The molecule has 0 aliphatic carbocycles. The van der Waals surface area contributed by atoms with E-state index in [9.17, 15) is 9.59 Å². The Morgan fingerprint density at radius 3 is 2.42 bits per heavy atom. The van der Waals surface area contributed by atoms with Crippen LogP contribution in [-0.4, -0.2) is 13.7 Å². The average molecular weight is 438 g/mol. The molecule has 6 rings (SSSR count). The van der Waals surface area contributed by atoms with Crippen molar-refractivity contribution < 1.29 is 4.42 Å². The van der Waals surface area contributed by atoms with E-state index in [1.807, 2.05) is 67.6 Å². The standard InChI is InChI=1S/C26H22N4O3/c1-15-9-4-5-10-16(15)22-20-23(28(2)26(32)29(3)25(20)31)24-21(19-13-8-14-33-19)27-17-11-6-7-12-18(17)30(22)24/h4-14,21,27H,1-3H3. The summed E-state index contributed by atoms with van der Waals surface area (Å²) in [6.45, 7) is 2.03. The fourth-order valence-electron chi connectivity index (χ4n) is 4.98. The zero-order valence-corrected chi connectivity index (χ0v) is 18.5. The Balaban J connectivity index is 1.91. The van der Waals surface area contributed by atoms with Gasteiger partial charge in [-0.15, -0.1) is 0 Å². The number of hydrogen-bond donors (Lipinski definition) is 1. The van der Waals surface area contributed by atoms with E-state index in [-0.39, 0.29) is 17.3 Å². The van der Waals surface area contributed by atoms with E-state index in [0.29, 0.717) is 16.7 Å². The third-order valence-electron chi connectivity index (χ3n) is 6.55.